The molecule has 6 heteroatoms. The molecule has 0 amide bonds. The number of carbonyl (C=O) groups excluding carboxylic acids is 1. The van der Waals surface area contributed by atoms with Crippen molar-refractivity contribution in [3.63, 3.8) is 0 Å². The zero-order valence-corrected chi connectivity index (χ0v) is 8.38. The lowest BCUT2D eigenvalue weighted by Gasteiger charge is -2.15. The largest absolute Gasteiger partial charge is 0.492 e. The first kappa shape index (κ1) is 10.1. The first-order valence-electron chi connectivity index (χ1n) is 4.23. The Kier molecular flexibility index (Phi) is 2.22. The number of carbonyl (C=O) groups is 1. The van der Waals surface area contributed by atoms with Crippen molar-refractivity contribution in [2.45, 2.75) is 11.3 Å². The molecule has 4 nitrogen and oxygen atoms in total. The van der Waals surface area contributed by atoms with Crippen molar-refractivity contribution in [2.75, 3.05) is 6.61 Å². The highest BCUT2D eigenvalue weighted by Gasteiger charge is 2.22. The molecule has 0 atom stereocenters. The standard InChI is InChI=1S/C9H7FO4S/c10-15(12,13)6-1-2-9-7(5-6)8(11)3-4-14-9/h1-2,5H,3-4H2. The second-order valence-corrected chi connectivity index (χ2v) is 4.46. The van der Waals surface area contributed by atoms with E-state index in [1.807, 2.05) is 0 Å². The Morgan fingerprint density at radius 3 is 2.73 bits per heavy atom. The molecule has 1 heterocycles. The summed E-state index contributed by atoms with van der Waals surface area (Å²) in [4.78, 5) is 10.9. The van der Waals surface area contributed by atoms with Crippen molar-refractivity contribution in [3.8, 4) is 5.75 Å². The van der Waals surface area contributed by atoms with Gasteiger partial charge in [0.1, 0.15) is 5.75 Å². The maximum absolute atomic E-state index is 12.6. The van der Waals surface area contributed by atoms with Crippen LogP contribution in [0.4, 0.5) is 3.89 Å². The lowest BCUT2D eigenvalue weighted by Crippen LogP contribution is -2.15. The van der Waals surface area contributed by atoms with E-state index in [4.69, 9.17) is 4.74 Å². The van der Waals surface area contributed by atoms with Crippen LogP contribution in [0.25, 0.3) is 0 Å². The highest BCUT2D eigenvalue weighted by atomic mass is 32.3. The zero-order valence-electron chi connectivity index (χ0n) is 7.57. The number of Topliss-reactive ketones (excluding diaryl/α,β-unsaturated/α-hetero) is 1. The summed E-state index contributed by atoms with van der Waals surface area (Å²) in [7, 11) is -4.77. The first-order valence-corrected chi connectivity index (χ1v) is 5.61. The summed E-state index contributed by atoms with van der Waals surface area (Å²) in [5, 5.41) is 0. The van der Waals surface area contributed by atoms with Gasteiger partial charge in [0.15, 0.2) is 5.78 Å². The number of hydrogen-bond donors (Lipinski definition) is 0. The van der Waals surface area contributed by atoms with Gasteiger partial charge in [-0.3, -0.25) is 4.79 Å². The van der Waals surface area contributed by atoms with Crippen molar-refractivity contribution in [1.29, 1.82) is 0 Å². The smallest absolute Gasteiger partial charge is 0.332 e. The second-order valence-electron chi connectivity index (χ2n) is 3.12. The number of hydrogen-bond acceptors (Lipinski definition) is 4. The fourth-order valence-corrected chi connectivity index (χ4v) is 1.88. The lowest BCUT2D eigenvalue weighted by atomic mass is 10.1. The average Bonchev–Trinajstić information content (AvgIpc) is 2.16. The topological polar surface area (TPSA) is 60.4 Å². The summed E-state index contributed by atoms with van der Waals surface area (Å²) in [5.41, 5.74) is 0.125. The molecular weight excluding hydrogens is 223 g/mol. The fourth-order valence-electron chi connectivity index (χ4n) is 1.39. The number of benzene rings is 1. The van der Waals surface area contributed by atoms with Gasteiger partial charge in [-0.1, -0.05) is 0 Å². The summed E-state index contributed by atoms with van der Waals surface area (Å²) in [5.74, 6) is 0.0698. The molecule has 0 aromatic heterocycles. The third kappa shape index (κ3) is 1.85. The molecular formula is C9H7FO4S. The Morgan fingerprint density at radius 2 is 2.07 bits per heavy atom. The zero-order chi connectivity index (χ0) is 11.1. The average molecular weight is 230 g/mol. The van der Waals surface area contributed by atoms with Gasteiger partial charge < -0.3 is 4.74 Å². The fraction of sp³-hybridized carbons (Fsp3) is 0.222. The third-order valence-electron chi connectivity index (χ3n) is 2.12. The van der Waals surface area contributed by atoms with Crippen LogP contribution >= 0.6 is 0 Å². The van der Waals surface area contributed by atoms with Crippen molar-refractivity contribution >= 4 is 16.0 Å². The Labute approximate surface area is 85.9 Å². The van der Waals surface area contributed by atoms with E-state index >= 15 is 0 Å². The summed E-state index contributed by atoms with van der Waals surface area (Å²) >= 11 is 0. The molecule has 80 valence electrons. The third-order valence-corrected chi connectivity index (χ3v) is 2.94. The van der Waals surface area contributed by atoms with Crippen LogP contribution in [-0.2, 0) is 10.2 Å². The molecule has 0 radical (unpaired) electrons. The van der Waals surface area contributed by atoms with Crippen LogP contribution in [0.15, 0.2) is 23.1 Å². The lowest BCUT2D eigenvalue weighted by molar-refractivity contribution is 0.0933. The van der Waals surface area contributed by atoms with Gasteiger partial charge >= 0.3 is 10.2 Å². The van der Waals surface area contributed by atoms with Gasteiger partial charge in [-0.2, -0.15) is 8.42 Å². The number of rotatable bonds is 1. The van der Waals surface area contributed by atoms with Gasteiger partial charge in [-0.25, -0.2) is 0 Å². The molecule has 0 N–H and O–H groups in total. The molecule has 1 aromatic carbocycles. The molecule has 0 spiro atoms. The maximum atomic E-state index is 12.6. The van der Waals surface area contributed by atoms with E-state index < -0.39 is 15.1 Å². The minimum Gasteiger partial charge on any atom is -0.492 e. The molecule has 0 bridgehead atoms. The van der Waals surface area contributed by atoms with Crippen molar-refractivity contribution in [3.05, 3.63) is 23.8 Å². The van der Waals surface area contributed by atoms with E-state index in [0.29, 0.717) is 5.75 Å². The quantitative estimate of drug-likeness (QED) is 0.682. The first-order chi connectivity index (χ1) is 6.98. The minimum absolute atomic E-state index is 0.125. The molecule has 15 heavy (non-hydrogen) atoms. The molecule has 2 rings (SSSR count). The van der Waals surface area contributed by atoms with Crippen LogP contribution in [-0.4, -0.2) is 20.8 Å². The van der Waals surface area contributed by atoms with E-state index in [2.05, 4.69) is 0 Å². The van der Waals surface area contributed by atoms with E-state index in [-0.39, 0.29) is 24.4 Å². The molecule has 1 aliphatic heterocycles. The van der Waals surface area contributed by atoms with Gasteiger partial charge in [0, 0.05) is 6.42 Å². The number of halogens is 1. The van der Waals surface area contributed by atoms with Crippen LogP contribution in [0.2, 0.25) is 0 Å². The molecule has 1 aromatic rings. The summed E-state index contributed by atoms with van der Waals surface area (Å²) in [6.07, 6.45) is 0.183. The van der Waals surface area contributed by atoms with Gasteiger partial charge in [0.05, 0.1) is 17.1 Å². The predicted molar refractivity (Wildman–Crippen MR) is 49.2 cm³/mol. The van der Waals surface area contributed by atoms with Crippen molar-refractivity contribution in [2.24, 2.45) is 0 Å². The van der Waals surface area contributed by atoms with E-state index in [9.17, 15) is 17.1 Å². The van der Waals surface area contributed by atoms with Gasteiger partial charge in [-0.15, -0.1) is 3.89 Å². The van der Waals surface area contributed by atoms with E-state index in [1.54, 1.807) is 0 Å². The molecule has 0 fully saturated rings. The van der Waals surface area contributed by atoms with Crippen LogP contribution in [0.5, 0.6) is 5.75 Å². The Balaban J connectivity index is 2.58. The van der Waals surface area contributed by atoms with Crippen LogP contribution < -0.4 is 4.74 Å². The summed E-state index contributed by atoms with van der Waals surface area (Å²) < 4.78 is 39.0. The molecule has 0 aliphatic carbocycles. The number of ketones is 1. The second kappa shape index (κ2) is 3.30. The summed E-state index contributed by atoms with van der Waals surface area (Å²) in [6.45, 7) is 0.271. The summed E-state index contributed by atoms with van der Waals surface area (Å²) in [6, 6.07) is 3.37. The molecule has 0 saturated heterocycles. The van der Waals surface area contributed by atoms with E-state index in [0.717, 1.165) is 12.1 Å². The predicted octanol–water partition coefficient (Wildman–Crippen LogP) is 1.31. The number of fused-ring (bicyclic) bond motifs is 1. The maximum Gasteiger partial charge on any atom is 0.332 e. The normalized spacial score (nSPS) is 15.7. The van der Waals surface area contributed by atoms with E-state index in [1.165, 1.54) is 6.07 Å². The number of ether oxygens (including phenoxy) is 1. The van der Waals surface area contributed by atoms with Gasteiger partial charge in [0.25, 0.3) is 0 Å². The molecule has 1 aliphatic rings. The van der Waals surface area contributed by atoms with Crippen LogP contribution in [0.3, 0.4) is 0 Å². The Bertz CT molecular complexity index is 521. The highest BCUT2D eigenvalue weighted by molar-refractivity contribution is 7.86. The Hall–Kier alpha value is -1.43. The monoisotopic (exact) mass is 230 g/mol. The van der Waals surface area contributed by atoms with Gasteiger partial charge in [-0.05, 0) is 18.2 Å². The molecule has 0 saturated carbocycles. The minimum atomic E-state index is -4.77. The van der Waals surface area contributed by atoms with Crippen LogP contribution in [0.1, 0.15) is 16.8 Å². The highest BCUT2D eigenvalue weighted by Crippen LogP contribution is 2.27. The molecule has 0 unspecified atom stereocenters. The SMILES string of the molecule is O=C1CCOc2ccc(S(=O)(=O)F)cc21. The van der Waals surface area contributed by atoms with Crippen molar-refractivity contribution in [1.82, 2.24) is 0 Å². The van der Waals surface area contributed by atoms with Crippen molar-refractivity contribution < 1.29 is 21.8 Å². The van der Waals surface area contributed by atoms with Gasteiger partial charge in [0.2, 0.25) is 0 Å². The van der Waals surface area contributed by atoms with Crippen LogP contribution in [0, 0.1) is 0 Å². The Morgan fingerprint density at radius 1 is 1.33 bits per heavy atom.